The van der Waals surface area contributed by atoms with Crippen LogP contribution in [0.25, 0.3) is 11.0 Å². The summed E-state index contributed by atoms with van der Waals surface area (Å²) in [7, 11) is 3.51. The fourth-order valence-corrected chi connectivity index (χ4v) is 7.09. The van der Waals surface area contributed by atoms with Crippen molar-refractivity contribution < 1.29 is 33.4 Å². The molecule has 1 saturated carbocycles. The molecule has 3 N–H and O–H groups in total. The van der Waals surface area contributed by atoms with Crippen LogP contribution < -0.4 is 25.6 Å². The highest BCUT2D eigenvalue weighted by molar-refractivity contribution is 6.29. The number of carbonyl (C=O) groups excluding carboxylic acids is 4. The number of hydrogen-bond donors (Lipinski definition) is 3. The second kappa shape index (κ2) is 19.6. The van der Waals surface area contributed by atoms with E-state index in [9.17, 15) is 19.2 Å². The van der Waals surface area contributed by atoms with E-state index in [2.05, 4.69) is 25.5 Å². The van der Waals surface area contributed by atoms with Gasteiger partial charge in [-0.25, -0.2) is 4.98 Å². The maximum absolute atomic E-state index is 13.0. The van der Waals surface area contributed by atoms with Gasteiger partial charge in [0.25, 0.3) is 17.7 Å². The molecule has 6 rings (SSSR count). The lowest BCUT2D eigenvalue weighted by Gasteiger charge is -2.29. The summed E-state index contributed by atoms with van der Waals surface area (Å²) in [5.74, 6) is 0.227. The lowest BCUT2D eigenvalue weighted by molar-refractivity contribution is -0.123. The molecule has 16 heteroatoms. The average molecular weight is 789 g/mol. The van der Waals surface area contributed by atoms with E-state index < -0.39 is 0 Å². The molecule has 298 valence electrons. The molecule has 0 unspecified atom stereocenters. The summed E-state index contributed by atoms with van der Waals surface area (Å²) in [5.41, 5.74) is 4.41. The number of carbonyl (C=O) groups is 4. The number of amides is 4. The zero-order valence-corrected chi connectivity index (χ0v) is 32.6. The number of fused-ring (bicyclic) bond motifs is 2. The molecule has 0 spiro atoms. The molecule has 0 bridgehead atoms. The van der Waals surface area contributed by atoms with Crippen molar-refractivity contribution in [2.45, 2.75) is 44.6 Å². The third-order valence-electron chi connectivity index (χ3n) is 9.72. The number of hydrogen-bond acceptors (Lipinski definition) is 10. The Kier molecular flexibility index (Phi) is 14.1. The molecule has 1 aliphatic carbocycles. The van der Waals surface area contributed by atoms with Gasteiger partial charge in [-0.15, -0.1) is 11.6 Å². The zero-order valence-electron chi connectivity index (χ0n) is 31.9. The van der Waals surface area contributed by atoms with Crippen molar-refractivity contribution in [2.24, 2.45) is 0 Å². The van der Waals surface area contributed by atoms with Crippen molar-refractivity contribution in [2.75, 3.05) is 82.9 Å². The standard InChI is InChI=1S/C40H49ClN8O7/c1-47(2)39(53)34-23-29-25-44-40(46-37(29)49(34)31-7-3-4-8-31)45-30-11-9-27(10-12-30)38(52)43-16-19-55-21-20-54-18-15-42-35(50)26-56-32-13-14-33-28(22-32)6-5-17-48(33)36(51)24-41/h9-14,22-23,25,31H,3-8,15-21,24,26H2,1-2H3,(H,42,50)(H,43,52)(H,44,45,46). The topological polar surface area (TPSA) is 169 Å². The first-order valence-electron chi connectivity index (χ1n) is 19.0. The Morgan fingerprint density at radius 2 is 1.64 bits per heavy atom. The molecule has 0 atom stereocenters. The van der Waals surface area contributed by atoms with Crippen LogP contribution in [0.4, 0.5) is 17.3 Å². The summed E-state index contributed by atoms with van der Waals surface area (Å²) in [6.45, 7) is 2.46. The van der Waals surface area contributed by atoms with Gasteiger partial charge in [-0.05, 0) is 79.8 Å². The van der Waals surface area contributed by atoms with E-state index >= 15 is 0 Å². The highest BCUT2D eigenvalue weighted by Gasteiger charge is 2.27. The van der Waals surface area contributed by atoms with Gasteiger partial charge in [0.05, 0.1) is 26.4 Å². The number of halogens is 1. The third-order valence-corrected chi connectivity index (χ3v) is 9.95. The minimum absolute atomic E-state index is 0.0577. The highest BCUT2D eigenvalue weighted by atomic mass is 35.5. The van der Waals surface area contributed by atoms with Crippen molar-refractivity contribution in [3.8, 4) is 5.75 Å². The number of nitrogens with zero attached hydrogens (tertiary/aromatic N) is 5. The van der Waals surface area contributed by atoms with Crippen LogP contribution in [0.2, 0.25) is 0 Å². The van der Waals surface area contributed by atoms with Crippen LogP contribution >= 0.6 is 11.6 Å². The number of aromatic nitrogens is 3. The van der Waals surface area contributed by atoms with E-state index in [1.165, 1.54) is 0 Å². The Morgan fingerprint density at radius 1 is 0.911 bits per heavy atom. The molecule has 1 aliphatic heterocycles. The smallest absolute Gasteiger partial charge is 0.270 e. The number of aryl methyl sites for hydroxylation is 1. The van der Waals surface area contributed by atoms with Gasteiger partial charge in [0.1, 0.15) is 23.0 Å². The first-order chi connectivity index (χ1) is 27.2. The largest absolute Gasteiger partial charge is 0.484 e. The Morgan fingerprint density at radius 3 is 2.36 bits per heavy atom. The Bertz CT molecular complexity index is 2000. The number of alkyl halides is 1. The first-order valence-corrected chi connectivity index (χ1v) is 19.5. The summed E-state index contributed by atoms with van der Waals surface area (Å²) in [6.07, 6.45) is 7.67. The van der Waals surface area contributed by atoms with Gasteiger partial charge in [-0.3, -0.25) is 19.2 Å². The Balaban J connectivity index is 0.841. The van der Waals surface area contributed by atoms with Gasteiger partial charge >= 0.3 is 0 Å². The van der Waals surface area contributed by atoms with Gasteiger partial charge in [-0.1, -0.05) is 12.8 Å². The fraction of sp³-hybridized carbons (Fsp3) is 0.450. The third kappa shape index (κ3) is 10.3. The number of benzene rings is 2. The van der Waals surface area contributed by atoms with E-state index in [0.717, 1.165) is 66.5 Å². The Hall–Kier alpha value is -5.25. The summed E-state index contributed by atoms with van der Waals surface area (Å²) in [4.78, 5) is 62.6. The predicted molar refractivity (Wildman–Crippen MR) is 213 cm³/mol. The van der Waals surface area contributed by atoms with Gasteiger partial charge in [0.2, 0.25) is 11.9 Å². The van der Waals surface area contributed by atoms with Gasteiger partial charge < -0.3 is 44.5 Å². The summed E-state index contributed by atoms with van der Waals surface area (Å²) in [5, 5.41) is 9.65. The second-order valence-corrected chi connectivity index (χ2v) is 14.2. The van der Waals surface area contributed by atoms with Crippen LogP contribution in [0.5, 0.6) is 5.75 Å². The molecule has 0 radical (unpaired) electrons. The van der Waals surface area contributed by atoms with Crippen LogP contribution in [0.15, 0.2) is 54.7 Å². The van der Waals surface area contributed by atoms with Crippen LogP contribution in [0.1, 0.15) is 64.6 Å². The lowest BCUT2D eigenvalue weighted by Crippen LogP contribution is -2.36. The molecule has 15 nitrogen and oxygen atoms in total. The fourth-order valence-electron chi connectivity index (χ4n) is 6.95. The number of anilines is 3. The summed E-state index contributed by atoms with van der Waals surface area (Å²) in [6, 6.07) is 14.6. The van der Waals surface area contributed by atoms with E-state index in [1.54, 1.807) is 60.4 Å². The van der Waals surface area contributed by atoms with Crippen molar-refractivity contribution >= 4 is 63.6 Å². The minimum atomic E-state index is -0.270. The molecule has 56 heavy (non-hydrogen) atoms. The first kappa shape index (κ1) is 40.4. The van der Waals surface area contributed by atoms with Crippen LogP contribution in [-0.2, 0) is 25.5 Å². The quantitative estimate of drug-likeness (QED) is 0.0967. The molecular formula is C40H49ClN8O7. The maximum atomic E-state index is 13.0. The molecule has 2 aromatic heterocycles. The monoisotopic (exact) mass is 788 g/mol. The molecule has 1 fully saturated rings. The molecular weight excluding hydrogens is 740 g/mol. The lowest BCUT2D eigenvalue weighted by atomic mass is 10.0. The van der Waals surface area contributed by atoms with Crippen molar-refractivity contribution in [1.82, 2.24) is 30.1 Å². The minimum Gasteiger partial charge on any atom is -0.484 e. The van der Waals surface area contributed by atoms with E-state index in [-0.39, 0.29) is 42.2 Å². The van der Waals surface area contributed by atoms with Gasteiger partial charge in [-0.2, -0.15) is 4.98 Å². The summed E-state index contributed by atoms with van der Waals surface area (Å²) < 4.78 is 18.8. The van der Waals surface area contributed by atoms with E-state index in [1.807, 2.05) is 18.2 Å². The molecule has 3 heterocycles. The van der Waals surface area contributed by atoms with Crippen LogP contribution in [0, 0.1) is 0 Å². The Labute approximate surface area is 331 Å². The van der Waals surface area contributed by atoms with Crippen LogP contribution in [0.3, 0.4) is 0 Å². The molecule has 2 aliphatic rings. The second-order valence-electron chi connectivity index (χ2n) is 13.9. The number of ether oxygens (including phenoxy) is 3. The average Bonchev–Trinajstić information content (AvgIpc) is 3.88. The zero-order chi connectivity index (χ0) is 39.4. The number of nitrogens with one attached hydrogen (secondary N) is 3. The molecule has 2 aromatic carbocycles. The maximum Gasteiger partial charge on any atom is 0.270 e. The SMILES string of the molecule is CN(C)C(=O)c1cc2cnc(Nc3ccc(C(=O)NCCOCCOCCNC(=O)COc4ccc5c(c4)CCCN5C(=O)CCl)cc3)nc2n1C1CCCC1. The van der Waals surface area contributed by atoms with E-state index in [4.69, 9.17) is 30.8 Å². The molecule has 0 saturated heterocycles. The molecule has 4 amide bonds. The highest BCUT2D eigenvalue weighted by Crippen LogP contribution is 2.35. The predicted octanol–water partition coefficient (Wildman–Crippen LogP) is 4.47. The van der Waals surface area contributed by atoms with Gasteiger partial charge in [0, 0.05) is 68.3 Å². The molecule has 4 aromatic rings. The van der Waals surface area contributed by atoms with Crippen molar-refractivity contribution in [3.05, 3.63) is 71.5 Å². The summed E-state index contributed by atoms with van der Waals surface area (Å²) >= 11 is 5.74. The normalized spacial score (nSPS) is 14.0. The van der Waals surface area contributed by atoms with Gasteiger partial charge in [0.15, 0.2) is 6.61 Å². The van der Waals surface area contributed by atoms with Crippen molar-refractivity contribution in [3.63, 3.8) is 0 Å². The number of rotatable bonds is 18. The van der Waals surface area contributed by atoms with Crippen molar-refractivity contribution in [1.29, 1.82) is 0 Å². The van der Waals surface area contributed by atoms with E-state index in [0.29, 0.717) is 69.0 Å². The van der Waals surface area contributed by atoms with Crippen LogP contribution in [-0.4, -0.2) is 116 Å².